The lowest BCUT2D eigenvalue weighted by Gasteiger charge is -2.14. The number of para-hydroxylation sites is 1. The Bertz CT molecular complexity index is 653. The molecule has 1 N–H and O–H groups in total. The second kappa shape index (κ2) is 5.56. The van der Waals surface area contributed by atoms with E-state index in [9.17, 15) is 5.26 Å². The summed E-state index contributed by atoms with van der Waals surface area (Å²) in [5.41, 5.74) is 2.71. The minimum atomic E-state index is 0.109. The maximum absolute atomic E-state index is 9.18. The van der Waals surface area contributed by atoms with Gasteiger partial charge >= 0.3 is 0 Å². The Morgan fingerprint density at radius 1 is 1.25 bits per heavy atom. The van der Waals surface area contributed by atoms with Gasteiger partial charge in [0.1, 0.15) is 17.9 Å². The fraction of sp³-hybridized carbons (Fsp3) is 0.188. The van der Waals surface area contributed by atoms with E-state index in [1.807, 2.05) is 36.4 Å². The highest BCUT2D eigenvalue weighted by Gasteiger charge is 2.22. The van der Waals surface area contributed by atoms with Crippen LogP contribution in [0.25, 0.3) is 0 Å². The van der Waals surface area contributed by atoms with Crippen LogP contribution in [0.5, 0.6) is 5.75 Å². The van der Waals surface area contributed by atoms with E-state index in [1.54, 1.807) is 0 Å². The fourth-order valence-corrected chi connectivity index (χ4v) is 2.83. The van der Waals surface area contributed by atoms with Crippen LogP contribution < -0.4 is 10.1 Å². The van der Waals surface area contributed by atoms with Crippen molar-refractivity contribution in [1.29, 1.82) is 5.26 Å². The quantitative estimate of drug-likeness (QED) is 0.933. The number of anilines is 1. The number of nitrogens with zero attached hydrogens (tertiary/aromatic N) is 1. The number of rotatable bonds is 3. The Balaban J connectivity index is 1.68. The number of halogens is 1. The lowest BCUT2D eigenvalue weighted by Crippen LogP contribution is -2.24. The second-order valence-corrected chi connectivity index (χ2v) is 5.56. The van der Waals surface area contributed by atoms with Gasteiger partial charge < -0.3 is 10.1 Å². The van der Waals surface area contributed by atoms with Gasteiger partial charge in [-0.3, -0.25) is 0 Å². The first-order chi connectivity index (χ1) is 9.78. The van der Waals surface area contributed by atoms with E-state index in [4.69, 9.17) is 4.74 Å². The van der Waals surface area contributed by atoms with Gasteiger partial charge in [-0.15, -0.1) is 0 Å². The van der Waals surface area contributed by atoms with Crippen LogP contribution in [0.2, 0.25) is 0 Å². The van der Waals surface area contributed by atoms with E-state index in [0.717, 1.165) is 22.3 Å². The minimum Gasteiger partial charge on any atom is -0.488 e. The molecule has 0 spiro atoms. The van der Waals surface area contributed by atoms with Gasteiger partial charge in [-0.1, -0.05) is 24.3 Å². The first kappa shape index (κ1) is 13.0. The molecular weight excluding hydrogens is 316 g/mol. The van der Waals surface area contributed by atoms with Crippen LogP contribution in [0, 0.1) is 11.3 Å². The molecule has 0 saturated carbocycles. The predicted octanol–water partition coefficient (Wildman–Crippen LogP) is 3.74. The van der Waals surface area contributed by atoms with Gasteiger partial charge in [0.2, 0.25) is 0 Å². The molecule has 1 unspecified atom stereocenters. The van der Waals surface area contributed by atoms with Gasteiger partial charge in [0, 0.05) is 10.9 Å². The van der Waals surface area contributed by atoms with Crippen LogP contribution in [-0.2, 0) is 6.42 Å². The Morgan fingerprint density at radius 3 is 2.90 bits per heavy atom. The smallest absolute Gasteiger partial charge is 0.123 e. The summed E-state index contributed by atoms with van der Waals surface area (Å²) >= 11 is 3.39. The maximum Gasteiger partial charge on any atom is 0.123 e. The van der Waals surface area contributed by atoms with Gasteiger partial charge in [-0.05, 0) is 39.7 Å². The molecule has 0 saturated heterocycles. The summed E-state index contributed by atoms with van der Waals surface area (Å²) in [7, 11) is 0. The van der Waals surface area contributed by atoms with Crippen molar-refractivity contribution in [3.63, 3.8) is 0 Å². The van der Waals surface area contributed by atoms with Gasteiger partial charge in [-0.2, -0.15) is 5.26 Å². The number of hydrogen-bond acceptors (Lipinski definition) is 3. The van der Waals surface area contributed by atoms with E-state index in [2.05, 4.69) is 33.4 Å². The van der Waals surface area contributed by atoms with Crippen molar-refractivity contribution in [3.05, 3.63) is 58.1 Å². The summed E-state index contributed by atoms with van der Waals surface area (Å²) in [6.07, 6.45) is 1.01. The minimum absolute atomic E-state index is 0.109. The second-order valence-electron chi connectivity index (χ2n) is 4.71. The van der Waals surface area contributed by atoms with E-state index in [0.29, 0.717) is 12.1 Å². The Kier molecular flexibility index (Phi) is 3.62. The number of benzene rings is 2. The summed E-state index contributed by atoms with van der Waals surface area (Å²) in [6, 6.07) is 16.0. The van der Waals surface area contributed by atoms with Gasteiger partial charge in [0.25, 0.3) is 0 Å². The van der Waals surface area contributed by atoms with Crippen molar-refractivity contribution in [3.8, 4) is 11.8 Å². The summed E-state index contributed by atoms with van der Waals surface area (Å²) < 4.78 is 6.68. The SMILES string of the molecule is N#Cc1c(Br)cccc1NCC1Cc2ccccc2O1. The van der Waals surface area contributed by atoms with E-state index < -0.39 is 0 Å². The first-order valence-electron chi connectivity index (χ1n) is 6.45. The molecule has 3 rings (SSSR count). The summed E-state index contributed by atoms with van der Waals surface area (Å²) in [4.78, 5) is 0. The number of nitriles is 1. The highest BCUT2D eigenvalue weighted by molar-refractivity contribution is 9.10. The molecule has 0 radical (unpaired) electrons. The zero-order valence-corrected chi connectivity index (χ0v) is 12.4. The number of fused-ring (bicyclic) bond motifs is 1. The van der Waals surface area contributed by atoms with Crippen LogP contribution in [0.3, 0.4) is 0 Å². The Labute approximate surface area is 126 Å². The van der Waals surface area contributed by atoms with Crippen molar-refractivity contribution >= 4 is 21.6 Å². The molecule has 1 atom stereocenters. The molecule has 0 bridgehead atoms. The van der Waals surface area contributed by atoms with Crippen LogP contribution in [-0.4, -0.2) is 12.6 Å². The fourth-order valence-electron chi connectivity index (χ4n) is 2.38. The van der Waals surface area contributed by atoms with Crippen molar-refractivity contribution < 1.29 is 4.74 Å². The monoisotopic (exact) mass is 328 g/mol. The lowest BCUT2D eigenvalue weighted by atomic mass is 10.1. The van der Waals surface area contributed by atoms with Gasteiger partial charge in [0.15, 0.2) is 0 Å². The molecule has 100 valence electrons. The van der Waals surface area contributed by atoms with Crippen molar-refractivity contribution in [2.45, 2.75) is 12.5 Å². The van der Waals surface area contributed by atoms with E-state index in [1.165, 1.54) is 5.56 Å². The average molecular weight is 329 g/mol. The normalized spacial score (nSPS) is 16.1. The Morgan fingerprint density at radius 2 is 2.10 bits per heavy atom. The first-order valence-corrected chi connectivity index (χ1v) is 7.24. The molecule has 2 aromatic carbocycles. The third-order valence-electron chi connectivity index (χ3n) is 3.36. The highest BCUT2D eigenvalue weighted by Crippen LogP contribution is 2.29. The maximum atomic E-state index is 9.18. The molecule has 0 fully saturated rings. The van der Waals surface area contributed by atoms with Crippen LogP contribution in [0.4, 0.5) is 5.69 Å². The number of hydrogen-bond donors (Lipinski definition) is 1. The van der Waals surface area contributed by atoms with Crippen LogP contribution in [0.15, 0.2) is 46.9 Å². The van der Waals surface area contributed by atoms with Crippen molar-refractivity contribution in [1.82, 2.24) is 0 Å². The van der Waals surface area contributed by atoms with E-state index in [-0.39, 0.29) is 6.10 Å². The highest BCUT2D eigenvalue weighted by atomic mass is 79.9. The van der Waals surface area contributed by atoms with Crippen molar-refractivity contribution in [2.75, 3.05) is 11.9 Å². The zero-order valence-electron chi connectivity index (χ0n) is 10.8. The third-order valence-corrected chi connectivity index (χ3v) is 4.02. The largest absolute Gasteiger partial charge is 0.488 e. The molecule has 0 amide bonds. The summed E-state index contributed by atoms with van der Waals surface area (Å²) in [5, 5.41) is 12.5. The topological polar surface area (TPSA) is 45.0 Å². The molecule has 4 heteroatoms. The van der Waals surface area contributed by atoms with Crippen molar-refractivity contribution in [2.24, 2.45) is 0 Å². The summed E-state index contributed by atoms with van der Waals surface area (Å²) in [6.45, 7) is 0.680. The molecule has 0 aromatic heterocycles. The average Bonchev–Trinajstić information content (AvgIpc) is 2.88. The predicted molar refractivity (Wildman–Crippen MR) is 81.9 cm³/mol. The number of ether oxygens (including phenoxy) is 1. The van der Waals surface area contributed by atoms with Gasteiger partial charge in [0.05, 0.1) is 17.8 Å². The molecule has 2 aromatic rings. The zero-order chi connectivity index (χ0) is 13.9. The Hall–Kier alpha value is -1.99. The van der Waals surface area contributed by atoms with E-state index >= 15 is 0 Å². The van der Waals surface area contributed by atoms with Crippen LogP contribution >= 0.6 is 15.9 Å². The standard InChI is InChI=1S/C16H13BrN2O/c17-14-5-3-6-15(13(14)9-18)19-10-12-8-11-4-1-2-7-16(11)20-12/h1-7,12,19H,8,10H2. The lowest BCUT2D eigenvalue weighted by molar-refractivity contribution is 0.246. The molecular formula is C16H13BrN2O. The molecule has 3 nitrogen and oxygen atoms in total. The van der Waals surface area contributed by atoms with Crippen LogP contribution in [0.1, 0.15) is 11.1 Å². The number of nitrogens with one attached hydrogen (secondary N) is 1. The molecule has 1 heterocycles. The van der Waals surface area contributed by atoms with Gasteiger partial charge in [-0.25, -0.2) is 0 Å². The third kappa shape index (κ3) is 2.50. The molecule has 0 aliphatic carbocycles. The molecule has 20 heavy (non-hydrogen) atoms. The summed E-state index contributed by atoms with van der Waals surface area (Å²) in [5.74, 6) is 0.967. The molecule has 1 aliphatic rings. The molecule has 1 aliphatic heterocycles.